The molecule has 6 rings (SSSR count). The van der Waals surface area contributed by atoms with E-state index in [9.17, 15) is 13.2 Å². The van der Waals surface area contributed by atoms with E-state index >= 15 is 0 Å². The lowest BCUT2D eigenvalue weighted by molar-refractivity contribution is -0.120. The number of imidazole rings is 1. The van der Waals surface area contributed by atoms with Gasteiger partial charge < -0.3 is 9.47 Å². The molecule has 1 amide bonds. The molecule has 42 heavy (non-hydrogen) atoms. The molecule has 0 unspecified atom stereocenters. The fourth-order valence-corrected chi connectivity index (χ4v) is 7.70. The topological polar surface area (TPSA) is 84.3 Å². The minimum absolute atomic E-state index is 0.0536. The number of hydrogen-bond acceptors (Lipinski definition) is 4. The fourth-order valence-electron chi connectivity index (χ4n) is 6.15. The van der Waals surface area contributed by atoms with Gasteiger partial charge in [-0.2, -0.15) is 0 Å². The number of nitrogens with one attached hydrogen (secondary N) is 1. The van der Waals surface area contributed by atoms with Gasteiger partial charge in [-0.3, -0.25) is 4.79 Å². The molecule has 9 heteroatoms. The predicted octanol–water partition coefficient (Wildman–Crippen LogP) is 6.50. The van der Waals surface area contributed by atoms with Gasteiger partial charge in [0.25, 0.3) is 0 Å². The quantitative estimate of drug-likeness (QED) is 0.249. The van der Waals surface area contributed by atoms with E-state index < -0.39 is 16.1 Å². The van der Waals surface area contributed by atoms with E-state index in [1.165, 1.54) is 11.6 Å². The average Bonchev–Trinajstić information content (AvgIpc) is 3.68. The molecule has 3 aromatic carbocycles. The van der Waals surface area contributed by atoms with Gasteiger partial charge in [0.1, 0.15) is 5.82 Å². The zero-order valence-electron chi connectivity index (χ0n) is 24.0. The summed E-state index contributed by atoms with van der Waals surface area (Å²) in [4.78, 5) is 20.6. The molecule has 7 nitrogen and oxygen atoms in total. The molecule has 2 aliphatic rings. The number of nitrogens with zero attached hydrogens (tertiary/aromatic N) is 3. The van der Waals surface area contributed by atoms with Gasteiger partial charge in [-0.1, -0.05) is 67.9 Å². The average molecular weight is 603 g/mol. The second-order valence-corrected chi connectivity index (χ2v) is 14.2. The number of sulfonamides is 1. The molecule has 1 aromatic heterocycles. The van der Waals surface area contributed by atoms with Gasteiger partial charge in [0.2, 0.25) is 15.9 Å². The van der Waals surface area contributed by atoms with E-state index in [0.717, 1.165) is 35.5 Å². The Morgan fingerprint density at radius 3 is 2.60 bits per heavy atom. The van der Waals surface area contributed by atoms with Crippen LogP contribution in [0.4, 0.5) is 5.69 Å². The molecule has 3 atom stereocenters. The molecule has 1 fully saturated rings. The maximum atomic E-state index is 14.1. The van der Waals surface area contributed by atoms with Crippen molar-refractivity contribution in [2.45, 2.75) is 61.9 Å². The Bertz CT molecular complexity index is 1730. The normalized spacial score (nSPS) is 21.0. The fraction of sp³-hybridized carbons (Fsp3) is 0.333. The van der Waals surface area contributed by atoms with Crippen LogP contribution in [0.1, 0.15) is 67.6 Å². The number of fused-ring (bicyclic) bond motifs is 1. The van der Waals surface area contributed by atoms with Gasteiger partial charge in [-0.15, -0.1) is 0 Å². The van der Waals surface area contributed by atoms with Crippen LogP contribution in [0.5, 0.6) is 0 Å². The third-order valence-corrected chi connectivity index (χ3v) is 10.4. The van der Waals surface area contributed by atoms with E-state index in [0.29, 0.717) is 18.0 Å². The monoisotopic (exact) mass is 602 g/mol. The van der Waals surface area contributed by atoms with E-state index in [1.54, 1.807) is 24.4 Å². The van der Waals surface area contributed by atoms with E-state index in [2.05, 4.69) is 41.8 Å². The summed E-state index contributed by atoms with van der Waals surface area (Å²) in [6.45, 7) is 4.68. The molecule has 0 radical (unpaired) electrons. The van der Waals surface area contributed by atoms with Crippen molar-refractivity contribution < 1.29 is 13.2 Å². The van der Waals surface area contributed by atoms with Crippen LogP contribution in [0.25, 0.3) is 0 Å². The Labute approximate surface area is 252 Å². The first kappa shape index (κ1) is 28.6. The largest absolute Gasteiger partial charge is 0.337 e. The Morgan fingerprint density at radius 1 is 1.10 bits per heavy atom. The number of aryl methyl sites for hydroxylation is 1. The van der Waals surface area contributed by atoms with Crippen LogP contribution in [-0.2, 0) is 33.8 Å². The summed E-state index contributed by atoms with van der Waals surface area (Å²) in [5, 5.41) is 0.364. The summed E-state index contributed by atoms with van der Waals surface area (Å²) in [5.74, 6) is 0.906. The zero-order valence-corrected chi connectivity index (χ0v) is 25.6. The van der Waals surface area contributed by atoms with Gasteiger partial charge in [-0.25, -0.2) is 18.1 Å². The number of hydrogen-bond donors (Lipinski definition) is 1. The summed E-state index contributed by atoms with van der Waals surface area (Å²) < 4.78 is 31.7. The summed E-state index contributed by atoms with van der Waals surface area (Å²) in [7, 11) is -1.91. The van der Waals surface area contributed by atoms with Crippen LogP contribution >= 0.6 is 11.6 Å². The minimum Gasteiger partial charge on any atom is -0.337 e. The highest BCUT2D eigenvalue weighted by Crippen LogP contribution is 2.49. The highest BCUT2D eigenvalue weighted by molar-refractivity contribution is 7.89. The molecular formula is C33H35ClN4O3S. The molecule has 1 N–H and O–H groups in total. The molecule has 0 saturated heterocycles. The van der Waals surface area contributed by atoms with E-state index in [4.69, 9.17) is 11.6 Å². The summed E-state index contributed by atoms with van der Waals surface area (Å²) >= 11 is 6.11. The van der Waals surface area contributed by atoms with E-state index in [-0.39, 0.29) is 28.1 Å². The van der Waals surface area contributed by atoms with Crippen LogP contribution in [0.2, 0.25) is 5.02 Å². The van der Waals surface area contributed by atoms with Crippen molar-refractivity contribution in [1.82, 2.24) is 14.3 Å². The van der Waals surface area contributed by atoms with Gasteiger partial charge >= 0.3 is 0 Å². The van der Waals surface area contributed by atoms with Gasteiger partial charge in [0, 0.05) is 42.1 Å². The highest BCUT2D eigenvalue weighted by Gasteiger charge is 2.46. The second kappa shape index (κ2) is 11.0. The van der Waals surface area contributed by atoms with Crippen molar-refractivity contribution in [2.24, 2.45) is 13.0 Å². The first-order valence-corrected chi connectivity index (χ1v) is 16.1. The van der Waals surface area contributed by atoms with Crippen molar-refractivity contribution in [3.8, 4) is 0 Å². The SMILES string of the molecule is Cn1ccnc1CN(C(=O)[C@@H]1C[C@H]1c1ccccc1)c1ccc2c(c1)[C@@H](NS(=O)(=O)c1cccc(Cl)c1)CCC2(C)C. The highest BCUT2D eigenvalue weighted by atomic mass is 35.5. The minimum atomic E-state index is -3.83. The predicted molar refractivity (Wildman–Crippen MR) is 165 cm³/mol. The van der Waals surface area contributed by atoms with E-state index in [1.807, 2.05) is 53.0 Å². The number of carbonyl (C=O) groups excluding carboxylic acids is 1. The second-order valence-electron chi connectivity index (χ2n) is 12.1. The van der Waals surface area contributed by atoms with Crippen LogP contribution < -0.4 is 9.62 Å². The number of amides is 1. The lowest BCUT2D eigenvalue weighted by Crippen LogP contribution is -2.37. The number of halogens is 1. The van der Waals surface area contributed by atoms with Gasteiger partial charge in [0.15, 0.2) is 0 Å². The zero-order chi connectivity index (χ0) is 29.6. The van der Waals surface area contributed by atoms with Crippen LogP contribution in [0, 0.1) is 5.92 Å². The third kappa shape index (κ3) is 5.63. The molecule has 0 bridgehead atoms. The number of anilines is 1. The van der Waals surface area contributed by atoms with Crippen LogP contribution in [0.3, 0.4) is 0 Å². The molecule has 4 aromatic rings. The molecule has 2 aliphatic carbocycles. The molecular weight excluding hydrogens is 568 g/mol. The smallest absolute Gasteiger partial charge is 0.241 e. The van der Waals surface area contributed by atoms with Crippen molar-refractivity contribution >= 4 is 33.2 Å². The van der Waals surface area contributed by atoms with Crippen LogP contribution in [0.15, 0.2) is 90.1 Å². The Morgan fingerprint density at radius 2 is 1.88 bits per heavy atom. The lowest BCUT2D eigenvalue weighted by atomic mass is 9.71. The summed E-state index contributed by atoms with van der Waals surface area (Å²) in [6.07, 6.45) is 5.86. The first-order chi connectivity index (χ1) is 20.0. The Hall–Kier alpha value is -3.46. The number of aromatic nitrogens is 2. The molecule has 0 aliphatic heterocycles. The maximum absolute atomic E-state index is 14.1. The molecule has 218 valence electrons. The van der Waals surface area contributed by atoms with Gasteiger partial charge in [-0.05, 0) is 77.6 Å². The van der Waals surface area contributed by atoms with Crippen molar-refractivity contribution in [3.63, 3.8) is 0 Å². The van der Waals surface area contributed by atoms with Crippen molar-refractivity contribution in [2.75, 3.05) is 4.90 Å². The summed E-state index contributed by atoms with van der Waals surface area (Å²) in [5.41, 5.74) is 3.74. The third-order valence-electron chi connectivity index (χ3n) is 8.74. The van der Waals surface area contributed by atoms with Crippen LogP contribution in [-0.4, -0.2) is 23.9 Å². The number of benzene rings is 3. The Balaban J connectivity index is 1.36. The number of carbonyl (C=O) groups is 1. The lowest BCUT2D eigenvalue weighted by Gasteiger charge is -2.38. The number of rotatable bonds is 8. The summed E-state index contributed by atoms with van der Waals surface area (Å²) in [6, 6.07) is 22.1. The Kier molecular flexibility index (Phi) is 7.50. The van der Waals surface area contributed by atoms with Crippen molar-refractivity contribution in [1.29, 1.82) is 0 Å². The van der Waals surface area contributed by atoms with Gasteiger partial charge in [0.05, 0.1) is 11.4 Å². The first-order valence-electron chi connectivity index (χ1n) is 14.3. The van der Waals surface area contributed by atoms with Crippen molar-refractivity contribution in [3.05, 3.63) is 113 Å². The maximum Gasteiger partial charge on any atom is 0.241 e. The molecule has 1 saturated carbocycles. The molecule has 1 heterocycles. The molecule has 0 spiro atoms. The standard InChI is InChI=1S/C33H35ClN4O3S/c1-33(2)15-14-30(36-42(40,41)25-11-7-10-23(34)18-25)28-19-24(12-13-29(28)33)38(21-31-35-16-17-37(31)3)32(39)27-20-26(27)22-8-5-4-6-9-22/h4-13,16-19,26-27,30,36H,14-15,20-21H2,1-3H3/t26-,27+,30-/m0/s1.